The molecule has 1 atom stereocenters. The van der Waals surface area contributed by atoms with Gasteiger partial charge in [-0.3, -0.25) is 4.78 Å². The van der Waals surface area contributed by atoms with E-state index in [1.807, 2.05) is 36.5 Å². The van der Waals surface area contributed by atoms with E-state index in [0.29, 0.717) is 24.1 Å². The summed E-state index contributed by atoms with van der Waals surface area (Å²) in [6, 6.07) is 12.1. The smallest absolute Gasteiger partial charge is 0.142 e. The number of rotatable bonds is 7. The molecular formula is C23H28N6OS. The van der Waals surface area contributed by atoms with Crippen LogP contribution in [0.5, 0.6) is 0 Å². The van der Waals surface area contributed by atoms with Crippen LogP contribution in [0.2, 0.25) is 0 Å². The van der Waals surface area contributed by atoms with Crippen molar-refractivity contribution in [1.29, 1.82) is 10.0 Å². The summed E-state index contributed by atoms with van der Waals surface area (Å²) in [4.78, 5) is 14.1. The summed E-state index contributed by atoms with van der Waals surface area (Å²) in [5.74, 6) is 2.01. The maximum absolute atomic E-state index is 13.0. The molecule has 1 fully saturated rings. The Labute approximate surface area is 183 Å². The predicted octanol–water partition coefficient (Wildman–Crippen LogP) is 4.27. The number of fused-ring (bicyclic) bond motifs is 1. The fraction of sp³-hybridized carbons (Fsp3) is 0.435. The van der Waals surface area contributed by atoms with Crippen LogP contribution in [0.25, 0.3) is 11.0 Å². The number of nitriles is 1. The third kappa shape index (κ3) is 5.05. The van der Waals surface area contributed by atoms with Gasteiger partial charge in [0.2, 0.25) is 0 Å². The molecule has 1 saturated carbocycles. The average Bonchev–Trinajstić information content (AvgIpc) is 3.24. The molecule has 8 heteroatoms. The van der Waals surface area contributed by atoms with Gasteiger partial charge in [-0.25, -0.2) is 14.2 Å². The van der Waals surface area contributed by atoms with Crippen LogP contribution in [0.1, 0.15) is 36.8 Å². The molecule has 31 heavy (non-hydrogen) atoms. The van der Waals surface area contributed by atoms with Gasteiger partial charge in [0, 0.05) is 34.8 Å². The van der Waals surface area contributed by atoms with Crippen molar-refractivity contribution in [2.75, 3.05) is 17.7 Å². The van der Waals surface area contributed by atoms with Gasteiger partial charge in [-0.2, -0.15) is 5.26 Å². The summed E-state index contributed by atoms with van der Waals surface area (Å²) in [5.41, 5.74) is 2.71. The number of nitrogens with zero attached hydrogens (tertiary/aromatic N) is 4. The van der Waals surface area contributed by atoms with E-state index in [2.05, 4.69) is 33.0 Å². The molecule has 2 heterocycles. The fourth-order valence-electron chi connectivity index (χ4n) is 4.57. The number of aromatic nitrogens is 3. The number of hydrogen-bond donors (Lipinski definition) is 2. The van der Waals surface area contributed by atoms with Crippen LogP contribution in [-0.2, 0) is 21.9 Å². The molecule has 2 aromatic heterocycles. The summed E-state index contributed by atoms with van der Waals surface area (Å²) < 4.78 is 21.4. The Morgan fingerprint density at radius 3 is 2.58 bits per heavy atom. The molecule has 3 aromatic rings. The lowest BCUT2D eigenvalue weighted by atomic mass is 9.86. The van der Waals surface area contributed by atoms with Crippen molar-refractivity contribution in [3.63, 3.8) is 0 Å². The van der Waals surface area contributed by atoms with Gasteiger partial charge in [0.15, 0.2) is 0 Å². The van der Waals surface area contributed by atoms with Gasteiger partial charge < -0.3 is 9.88 Å². The highest BCUT2D eigenvalue weighted by molar-refractivity contribution is 7.91. The van der Waals surface area contributed by atoms with Crippen molar-refractivity contribution in [2.45, 2.75) is 43.9 Å². The summed E-state index contributed by atoms with van der Waals surface area (Å²) in [6.45, 7) is 0. The third-order valence-corrected chi connectivity index (χ3v) is 8.05. The van der Waals surface area contributed by atoms with Gasteiger partial charge in [0.25, 0.3) is 0 Å². The monoisotopic (exact) mass is 436 g/mol. The van der Waals surface area contributed by atoms with E-state index in [1.54, 1.807) is 6.33 Å². The lowest BCUT2D eigenvalue weighted by molar-refractivity contribution is 0.342. The minimum absolute atomic E-state index is 0.284. The second-order valence-electron chi connectivity index (χ2n) is 8.50. The van der Waals surface area contributed by atoms with Crippen LogP contribution >= 0.6 is 0 Å². The van der Waals surface area contributed by atoms with Crippen LogP contribution in [0.4, 0.5) is 5.82 Å². The highest BCUT2D eigenvalue weighted by atomic mass is 32.2. The van der Waals surface area contributed by atoms with E-state index < -0.39 is 9.73 Å². The lowest BCUT2D eigenvalue weighted by Gasteiger charge is -2.35. The molecule has 7 nitrogen and oxygen atoms in total. The number of benzene rings is 1. The van der Waals surface area contributed by atoms with E-state index >= 15 is 0 Å². The van der Waals surface area contributed by atoms with E-state index in [-0.39, 0.29) is 5.75 Å². The van der Waals surface area contributed by atoms with Gasteiger partial charge in [-0.1, -0.05) is 24.3 Å². The standard InChI is InChI=1S/C23H28N6OS/c1-29(23-21-11-13-26-22(21)27-16-28-23)20-8-6-19(7-9-20)15-31(25,30)14-18-4-2-17(3-5-18)10-12-24/h2-5,11,13,16,19-20,25H,6-10,14-15H2,1H3,(H,26,27,28). The number of aromatic amines is 1. The predicted molar refractivity (Wildman–Crippen MR) is 123 cm³/mol. The van der Waals surface area contributed by atoms with Crippen molar-refractivity contribution in [3.8, 4) is 6.07 Å². The Hall–Kier alpha value is -2.92. The second-order valence-corrected chi connectivity index (χ2v) is 10.7. The van der Waals surface area contributed by atoms with Gasteiger partial charge in [0.05, 0.1) is 23.6 Å². The highest BCUT2D eigenvalue weighted by Crippen LogP contribution is 2.32. The van der Waals surface area contributed by atoms with Gasteiger partial charge in [-0.05, 0) is 48.8 Å². The van der Waals surface area contributed by atoms with Gasteiger partial charge >= 0.3 is 0 Å². The van der Waals surface area contributed by atoms with E-state index in [9.17, 15) is 4.21 Å². The first-order chi connectivity index (χ1) is 14.9. The summed E-state index contributed by atoms with van der Waals surface area (Å²) in [7, 11) is -0.587. The van der Waals surface area contributed by atoms with Crippen molar-refractivity contribution in [2.24, 2.45) is 5.92 Å². The molecule has 162 valence electrons. The fourth-order valence-corrected chi connectivity index (χ4v) is 6.51. The van der Waals surface area contributed by atoms with Crippen molar-refractivity contribution < 1.29 is 4.21 Å². The molecule has 1 aromatic carbocycles. The van der Waals surface area contributed by atoms with E-state index in [4.69, 9.17) is 10.0 Å². The largest absolute Gasteiger partial charge is 0.356 e. The molecule has 1 aliphatic carbocycles. The van der Waals surface area contributed by atoms with Crippen LogP contribution in [-0.4, -0.2) is 38.0 Å². The minimum Gasteiger partial charge on any atom is -0.356 e. The molecule has 0 radical (unpaired) electrons. The molecule has 0 bridgehead atoms. The number of nitrogens with one attached hydrogen (secondary N) is 2. The molecule has 2 N–H and O–H groups in total. The first kappa shape index (κ1) is 21.3. The quantitative estimate of drug-likeness (QED) is 0.575. The Morgan fingerprint density at radius 1 is 1.16 bits per heavy atom. The number of anilines is 1. The van der Waals surface area contributed by atoms with Gasteiger partial charge in [-0.15, -0.1) is 0 Å². The first-order valence-electron chi connectivity index (χ1n) is 10.6. The Kier molecular flexibility index (Phi) is 6.23. The Balaban J connectivity index is 1.33. The van der Waals surface area contributed by atoms with Crippen LogP contribution < -0.4 is 4.90 Å². The zero-order chi connectivity index (χ0) is 21.8. The van der Waals surface area contributed by atoms with Crippen LogP contribution in [0.3, 0.4) is 0 Å². The molecule has 4 rings (SSSR count). The van der Waals surface area contributed by atoms with Crippen molar-refractivity contribution in [1.82, 2.24) is 15.0 Å². The topological polar surface area (TPSA) is 110 Å². The van der Waals surface area contributed by atoms with Crippen LogP contribution in [0.15, 0.2) is 42.9 Å². The molecule has 0 aliphatic heterocycles. The second kappa shape index (κ2) is 9.06. The first-order valence-corrected chi connectivity index (χ1v) is 12.5. The minimum atomic E-state index is -2.67. The molecule has 0 amide bonds. The van der Waals surface area contributed by atoms with Crippen molar-refractivity contribution in [3.05, 3.63) is 54.0 Å². The summed E-state index contributed by atoms with van der Waals surface area (Å²) in [5, 5.41) is 9.81. The summed E-state index contributed by atoms with van der Waals surface area (Å²) >= 11 is 0. The van der Waals surface area contributed by atoms with E-state index in [1.165, 1.54) is 0 Å². The Bertz CT molecular complexity index is 1170. The molecular weight excluding hydrogens is 408 g/mol. The van der Waals surface area contributed by atoms with E-state index in [0.717, 1.165) is 53.7 Å². The van der Waals surface area contributed by atoms with Crippen molar-refractivity contribution >= 4 is 26.6 Å². The number of H-pyrrole nitrogens is 1. The zero-order valence-corrected chi connectivity index (χ0v) is 18.6. The normalized spacial score (nSPS) is 20.8. The third-order valence-electron chi connectivity index (χ3n) is 6.24. The number of hydrogen-bond acceptors (Lipinski definition) is 6. The maximum atomic E-state index is 13.0. The van der Waals surface area contributed by atoms with Gasteiger partial charge in [0.1, 0.15) is 17.8 Å². The molecule has 0 saturated heterocycles. The molecule has 1 unspecified atom stereocenters. The molecule has 0 spiro atoms. The van der Waals surface area contributed by atoms with Crippen LogP contribution in [0, 0.1) is 22.0 Å². The average molecular weight is 437 g/mol. The zero-order valence-electron chi connectivity index (χ0n) is 17.8. The SMILES string of the molecule is CN(c1ncnc2[nH]ccc12)C1CCC(CS(=N)(=O)Cc2ccc(CC#N)cc2)CC1. The lowest BCUT2D eigenvalue weighted by Crippen LogP contribution is -2.37. The highest BCUT2D eigenvalue weighted by Gasteiger charge is 2.27. The summed E-state index contributed by atoms with van der Waals surface area (Å²) in [6.07, 6.45) is 7.83. The Morgan fingerprint density at radius 2 is 1.87 bits per heavy atom. The maximum Gasteiger partial charge on any atom is 0.142 e. The molecule has 1 aliphatic rings.